The molecule has 0 spiro atoms. The first-order valence-corrected chi connectivity index (χ1v) is 13.1. The molecule has 34 heavy (non-hydrogen) atoms. The van der Waals surface area contributed by atoms with Gasteiger partial charge in [-0.3, -0.25) is 9.59 Å². The molecule has 0 bridgehead atoms. The van der Waals surface area contributed by atoms with Gasteiger partial charge in [0.1, 0.15) is 0 Å². The van der Waals surface area contributed by atoms with Crippen LogP contribution in [-0.4, -0.2) is 57.4 Å². The van der Waals surface area contributed by atoms with Crippen molar-refractivity contribution < 1.29 is 22.7 Å². The fourth-order valence-corrected chi connectivity index (χ4v) is 5.77. The van der Waals surface area contributed by atoms with Gasteiger partial charge < -0.3 is 15.0 Å². The number of aryl methyl sites for hydroxylation is 2. The van der Waals surface area contributed by atoms with Crippen molar-refractivity contribution in [3.8, 4) is 0 Å². The molecule has 182 valence electrons. The Balaban J connectivity index is 1.46. The van der Waals surface area contributed by atoms with E-state index < -0.39 is 15.9 Å². The topological polar surface area (TPSA) is 96.0 Å². The molecule has 2 fully saturated rings. The summed E-state index contributed by atoms with van der Waals surface area (Å²) in [6, 6.07) is 12.6. The van der Waals surface area contributed by atoms with Crippen molar-refractivity contribution in [3.05, 3.63) is 53.6 Å². The number of benzene rings is 2. The molecule has 2 amide bonds. The summed E-state index contributed by atoms with van der Waals surface area (Å²) in [4.78, 5) is 27.4. The van der Waals surface area contributed by atoms with Gasteiger partial charge in [-0.05, 0) is 48.7 Å². The minimum atomic E-state index is -3.68. The predicted molar refractivity (Wildman–Crippen MR) is 130 cm³/mol. The number of ether oxygens (including phenoxy) is 1. The highest BCUT2D eigenvalue weighted by Gasteiger charge is 2.35. The number of nitrogens with zero attached hydrogens (tertiary/aromatic N) is 2. The monoisotopic (exact) mass is 485 g/mol. The van der Waals surface area contributed by atoms with Crippen molar-refractivity contribution >= 4 is 33.2 Å². The van der Waals surface area contributed by atoms with Gasteiger partial charge in [-0.1, -0.05) is 31.5 Å². The van der Waals surface area contributed by atoms with Gasteiger partial charge in [0.2, 0.25) is 21.8 Å². The highest BCUT2D eigenvalue weighted by Crippen LogP contribution is 2.28. The van der Waals surface area contributed by atoms with Gasteiger partial charge in [0.25, 0.3) is 0 Å². The van der Waals surface area contributed by atoms with Gasteiger partial charge in [0.15, 0.2) is 0 Å². The molecule has 1 N–H and O–H groups in total. The maximum absolute atomic E-state index is 13.0. The van der Waals surface area contributed by atoms with Crippen LogP contribution in [0.3, 0.4) is 0 Å². The number of hydrogen-bond acceptors (Lipinski definition) is 5. The maximum Gasteiger partial charge on any atom is 0.243 e. The van der Waals surface area contributed by atoms with Crippen LogP contribution in [0.1, 0.15) is 30.9 Å². The molecule has 0 saturated carbocycles. The van der Waals surface area contributed by atoms with Crippen molar-refractivity contribution in [2.75, 3.05) is 43.1 Å². The van der Waals surface area contributed by atoms with Crippen LogP contribution in [-0.2, 0) is 30.8 Å². The minimum absolute atomic E-state index is 0.0937. The van der Waals surface area contributed by atoms with E-state index in [9.17, 15) is 18.0 Å². The lowest BCUT2D eigenvalue weighted by Gasteiger charge is -2.26. The van der Waals surface area contributed by atoms with Crippen LogP contribution in [0.4, 0.5) is 11.4 Å². The number of carbonyl (C=O) groups excluding carboxylic acids is 2. The van der Waals surface area contributed by atoms with Crippen LogP contribution >= 0.6 is 0 Å². The zero-order chi connectivity index (χ0) is 24.3. The fourth-order valence-electron chi connectivity index (χ4n) is 4.33. The van der Waals surface area contributed by atoms with E-state index in [1.807, 2.05) is 31.2 Å². The Kier molecular flexibility index (Phi) is 7.35. The molecule has 4 rings (SSSR count). The lowest BCUT2D eigenvalue weighted by Crippen LogP contribution is -2.40. The van der Waals surface area contributed by atoms with Crippen molar-refractivity contribution in [2.45, 2.75) is 38.0 Å². The number of carbonyl (C=O) groups is 2. The Hall–Kier alpha value is -2.75. The molecule has 2 aliphatic heterocycles. The molecule has 2 aromatic rings. The Bertz CT molecular complexity index is 1160. The average molecular weight is 486 g/mol. The van der Waals surface area contributed by atoms with Crippen LogP contribution in [0.15, 0.2) is 47.4 Å². The van der Waals surface area contributed by atoms with Crippen LogP contribution in [0.2, 0.25) is 0 Å². The quantitative estimate of drug-likeness (QED) is 0.651. The normalized spacial score (nSPS) is 19.4. The molecule has 2 heterocycles. The number of hydrogen-bond donors (Lipinski definition) is 1. The number of rotatable bonds is 7. The fraction of sp³-hybridized carbons (Fsp3) is 0.440. The molecule has 2 saturated heterocycles. The third kappa shape index (κ3) is 5.16. The van der Waals surface area contributed by atoms with E-state index in [0.717, 1.165) is 24.1 Å². The van der Waals surface area contributed by atoms with E-state index in [1.165, 1.54) is 15.9 Å². The third-order valence-electron chi connectivity index (χ3n) is 6.36. The number of anilines is 2. The molecule has 8 nitrogen and oxygen atoms in total. The summed E-state index contributed by atoms with van der Waals surface area (Å²) in [5.74, 6) is -0.895. The highest BCUT2D eigenvalue weighted by molar-refractivity contribution is 7.89. The van der Waals surface area contributed by atoms with Crippen LogP contribution in [0.5, 0.6) is 0 Å². The lowest BCUT2D eigenvalue weighted by molar-refractivity contribution is -0.122. The first kappa shape index (κ1) is 24.4. The molecule has 0 aromatic heterocycles. The van der Waals surface area contributed by atoms with Crippen molar-refractivity contribution in [3.63, 3.8) is 0 Å². The van der Waals surface area contributed by atoms with Gasteiger partial charge in [-0.15, -0.1) is 0 Å². The molecule has 1 atom stereocenters. The Morgan fingerprint density at radius 3 is 2.50 bits per heavy atom. The zero-order valence-corrected chi connectivity index (χ0v) is 20.4. The number of nitrogens with one attached hydrogen (secondary N) is 1. The first-order chi connectivity index (χ1) is 16.3. The highest BCUT2D eigenvalue weighted by atomic mass is 32.2. The van der Waals surface area contributed by atoms with Crippen molar-refractivity contribution in [1.29, 1.82) is 0 Å². The largest absolute Gasteiger partial charge is 0.379 e. The molecular formula is C25H31N3O5S. The summed E-state index contributed by atoms with van der Waals surface area (Å²) < 4.78 is 32.7. The summed E-state index contributed by atoms with van der Waals surface area (Å²) in [7, 11) is -3.68. The lowest BCUT2D eigenvalue weighted by atomic mass is 10.1. The van der Waals surface area contributed by atoms with Gasteiger partial charge in [0, 0.05) is 37.4 Å². The van der Waals surface area contributed by atoms with Crippen molar-refractivity contribution in [2.24, 2.45) is 5.92 Å². The summed E-state index contributed by atoms with van der Waals surface area (Å²) in [6.45, 7) is 5.56. The molecule has 9 heteroatoms. The second-order valence-corrected chi connectivity index (χ2v) is 10.7. The zero-order valence-electron chi connectivity index (χ0n) is 19.6. The second-order valence-electron chi connectivity index (χ2n) is 8.80. The Morgan fingerprint density at radius 2 is 1.82 bits per heavy atom. The third-order valence-corrected chi connectivity index (χ3v) is 8.25. The molecule has 0 aliphatic carbocycles. The molecule has 2 aliphatic rings. The van der Waals surface area contributed by atoms with E-state index in [0.29, 0.717) is 38.5 Å². The smallest absolute Gasteiger partial charge is 0.243 e. The van der Waals surface area contributed by atoms with E-state index in [-0.39, 0.29) is 23.1 Å². The van der Waals surface area contributed by atoms with Gasteiger partial charge in [0.05, 0.1) is 24.0 Å². The number of sulfonamides is 1. The van der Waals surface area contributed by atoms with E-state index in [2.05, 4.69) is 12.2 Å². The van der Waals surface area contributed by atoms with E-state index in [4.69, 9.17) is 4.74 Å². The Labute approximate surface area is 200 Å². The standard InChI is InChI=1S/C25H31N3O5S/c1-3-4-19-6-8-21(9-7-19)28-17-20(15-24(28)29)25(30)26-23-16-22(10-5-18(23)2)34(31,32)27-11-13-33-14-12-27/h5-10,16,20H,3-4,11-15,17H2,1-2H3,(H,26,30). The molecular weight excluding hydrogens is 454 g/mol. The maximum atomic E-state index is 13.0. The molecule has 0 radical (unpaired) electrons. The van der Waals surface area contributed by atoms with Crippen molar-refractivity contribution in [1.82, 2.24) is 4.31 Å². The predicted octanol–water partition coefficient (Wildman–Crippen LogP) is 2.96. The Morgan fingerprint density at radius 1 is 1.12 bits per heavy atom. The summed E-state index contributed by atoms with van der Waals surface area (Å²) in [5, 5.41) is 2.86. The van der Waals surface area contributed by atoms with Gasteiger partial charge in [-0.2, -0.15) is 4.31 Å². The van der Waals surface area contributed by atoms with Gasteiger partial charge >= 0.3 is 0 Å². The van der Waals surface area contributed by atoms with Crippen LogP contribution in [0.25, 0.3) is 0 Å². The van der Waals surface area contributed by atoms with Gasteiger partial charge in [-0.25, -0.2) is 8.42 Å². The SMILES string of the molecule is CCCc1ccc(N2CC(C(=O)Nc3cc(S(=O)(=O)N4CCOCC4)ccc3C)CC2=O)cc1. The molecule has 1 unspecified atom stereocenters. The number of morpholine rings is 1. The molecule has 2 aromatic carbocycles. The summed E-state index contributed by atoms with van der Waals surface area (Å²) in [6.07, 6.45) is 2.16. The average Bonchev–Trinajstić information content (AvgIpc) is 3.23. The van der Waals surface area contributed by atoms with E-state index >= 15 is 0 Å². The summed E-state index contributed by atoms with van der Waals surface area (Å²) >= 11 is 0. The van der Waals surface area contributed by atoms with E-state index in [1.54, 1.807) is 17.0 Å². The number of amides is 2. The minimum Gasteiger partial charge on any atom is -0.379 e. The second kappa shape index (κ2) is 10.2. The van der Waals surface area contributed by atoms with Crippen LogP contribution in [0, 0.1) is 12.8 Å². The summed E-state index contributed by atoms with van der Waals surface area (Å²) in [5.41, 5.74) is 3.20. The van der Waals surface area contributed by atoms with Crippen LogP contribution < -0.4 is 10.2 Å². The first-order valence-electron chi connectivity index (χ1n) is 11.7.